The van der Waals surface area contributed by atoms with Crippen molar-refractivity contribution >= 4 is 40.3 Å². The number of carbonyl (C=O) groups excluding carboxylic acids is 2. The molecule has 9 nitrogen and oxygen atoms in total. The number of piperazine rings is 1. The lowest BCUT2D eigenvalue weighted by atomic mass is 10.1. The lowest BCUT2D eigenvalue weighted by Gasteiger charge is -2.34. The maximum absolute atomic E-state index is 14.7. The zero-order valence-corrected chi connectivity index (χ0v) is 22.3. The van der Waals surface area contributed by atoms with Crippen LogP contribution in [0.1, 0.15) is 20.7 Å². The van der Waals surface area contributed by atoms with Gasteiger partial charge in [0.05, 0.1) is 24.5 Å². The van der Waals surface area contributed by atoms with Crippen LogP contribution in [0.5, 0.6) is 0 Å². The summed E-state index contributed by atoms with van der Waals surface area (Å²) in [7, 11) is 2.06. The molecular weight excluding hydrogens is 518 g/mol. The van der Waals surface area contributed by atoms with Gasteiger partial charge in [-0.1, -0.05) is 0 Å². The number of nitrogens with zero attached hydrogens (tertiary/aromatic N) is 3. The predicted octanol–water partition coefficient (Wildman–Crippen LogP) is 3.64. The van der Waals surface area contributed by atoms with Gasteiger partial charge in [0.25, 0.3) is 11.8 Å². The number of carbonyl (C=O) groups is 2. The lowest BCUT2D eigenvalue weighted by Crippen LogP contribution is -2.44. The predicted molar refractivity (Wildman–Crippen MR) is 152 cm³/mol. The Morgan fingerprint density at radius 1 is 0.800 bits per heavy atom. The van der Waals surface area contributed by atoms with Gasteiger partial charge in [-0.2, -0.15) is 0 Å². The second kappa shape index (κ2) is 11.9. The third kappa shape index (κ3) is 6.32. The molecule has 3 aromatic carbocycles. The molecule has 2 aliphatic rings. The molecule has 5 rings (SSSR count). The first kappa shape index (κ1) is 27.4. The largest absolute Gasteiger partial charge is 0.398 e. The summed E-state index contributed by atoms with van der Waals surface area (Å²) < 4.78 is 34.4. The molecule has 0 saturated carbocycles. The molecule has 0 atom stereocenters. The van der Waals surface area contributed by atoms with E-state index in [2.05, 4.69) is 27.5 Å². The summed E-state index contributed by atoms with van der Waals surface area (Å²) >= 11 is 0. The van der Waals surface area contributed by atoms with E-state index < -0.39 is 23.4 Å². The maximum Gasteiger partial charge on any atom is 0.257 e. The number of hydrogen-bond donors (Lipinski definition) is 3. The average molecular weight is 551 g/mol. The molecule has 2 saturated heterocycles. The molecule has 2 amide bonds. The summed E-state index contributed by atoms with van der Waals surface area (Å²) in [5.41, 5.74) is 8.25. The molecule has 2 fully saturated rings. The Balaban J connectivity index is 1.30. The highest BCUT2D eigenvalue weighted by molar-refractivity contribution is 6.09. The number of nitrogens with two attached hydrogens (primary N) is 1. The third-order valence-electron chi connectivity index (χ3n) is 7.14. The van der Waals surface area contributed by atoms with Crippen LogP contribution in [-0.4, -0.2) is 76.2 Å². The van der Waals surface area contributed by atoms with Crippen molar-refractivity contribution < 1.29 is 23.1 Å². The highest BCUT2D eigenvalue weighted by atomic mass is 19.1. The molecule has 2 heterocycles. The van der Waals surface area contributed by atoms with E-state index in [1.54, 1.807) is 18.2 Å². The Bertz CT molecular complexity index is 1400. The van der Waals surface area contributed by atoms with E-state index >= 15 is 0 Å². The van der Waals surface area contributed by atoms with Crippen molar-refractivity contribution in [1.29, 1.82) is 0 Å². The summed E-state index contributed by atoms with van der Waals surface area (Å²) in [5, 5.41) is 5.23. The fourth-order valence-electron chi connectivity index (χ4n) is 4.80. The van der Waals surface area contributed by atoms with Crippen LogP contribution in [0.25, 0.3) is 0 Å². The molecule has 4 N–H and O–H groups in total. The number of halogens is 2. The van der Waals surface area contributed by atoms with E-state index in [0.717, 1.165) is 44.0 Å². The summed E-state index contributed by atoms with van der Waals surface area (Å²) in [5.74, 6) is -2.36. The van der Waals surface area contributed by atoms with E-state index in [1.165, 1.54) is 18.2 Å². The van der Waals surface area contributed by atoms with E-state index in [4.69, 9.17) is 10.5 Å². The molecule has 3 aromatic rings. The van der Waals surface area contributed by atoms with Gasteiger partial charge in [-0.15, -0.1) is 0 Å². The van der Waals surface area contributed by atoms with Crippen LogP contribution >= 0.6 is 0 Å². The monoisotopic (exact) mass is 550 g/mol. The number of hydrogen-bond acceptors (Lipinski definition) is 7. The minimum absolute atomic E-state index is 0.116. The fourth-order valence-corrected chi connectivity index (χ4v) is 4.80. The maximum atomic E-state index is 14.7. The molecule has 0 aliphatic carbocycles. The smallest absolute Gasteiger partial charge is 0.257 e. The van der Waals surface area contributed by atoms with Crippen molar-refractivity contribution in [3.63, 3.8) is 0 Å². The summed E-state index contributed by atoms with van der Waals surface area (Å²) in [6.07, 6.45) is 0. The number of nitrogens with one attached hydrogen (secondary N) is 2. The van der Waals surface area contributed by atoms with E-state index in [-0.39, 0.29) is 28.2 Å². The van der Waals surface area contributed by atoms with Gasteiger partial charge >= 0.3 is 0 Å². The number of likely N-dealkylation sites (N-methyl/N-ethyl adjacent to an activating group) is 1. The van der Waals surface area contributed by atoms with Crippen LogP contribution in [0, 0.1) is 11.6 Å². The van der Waals surface area contributed by atoms with Crippen LogP contribution in [0.15, 0.2) is 54.6 Å². The molecule has 0 unspecified atom stereocenters. The van der Waals surface area contributed by atoms with Crippen molar-refractivity contribution in [2.75, 3.05) is 85.7 Å². The minimum Gasteiger partial charge on any atom is -0.398 e. The normalized spacial score (nSPS) is 16.1. The van der Waals surface area contributed by atoms with Crippen molar-refractivity contribution in [2.45, 2.75) is 0 Å². The second-order valence-electron chi connectivity index (χ2n) is 9.96. The fraction of sp³-hybridized carbons (Fsp3) is 0.310. The van der Waals surface area contributed by atoms with Gasteiger partial charge in [-0.05, 0) is 61.6 Å². The van der Waals surface area contributed by atoms with Gasteiger partial charge in [0.1, 0.15) is 11.6 Å². The number of benzene rings is 3. The third-order valence-corrected chi connectivity index (χ3v) is 7.14. The standard InChI is InChI=1S/C29H32F2N6O3/c1-35-6-8-36(9-7-35)22-3-5-26(32)24(18-22)29(39)34-27-17-21(2-4-25(27)31)33-28(38)19-14-20(30)16-23(15-19)37-10-12-40-13-11-37/h2-5,14-18H,6-13,32H2,1H3,(H,33,38)(H,34,39). The number of amides is 2. The molecule has 0 radical (unpaired) electrons. The van der Waals surface area contributed by atoms with Crippen molar-refractivity contribution in [3.8, 4) is 0 Å². The number of rotatable bonds is 6. The quantitative estimate of drug-likeness (QED) is 0.403. The first-order valence-corrected chi connectivity index (χ1v) is 13.2. The molecule has 0 aromatic heterocycles. The van der Waals surface area contributed by atoms with Gasteiger partial charge in [-0.25, -0.2) is 8.78 Å². The lowest BCUT2D eigenvalue weighted by molar-refractivity contribution is 0.101. The highest BCUT2D eigenvalue weighted by Crippen LogP contribution is 2.26. The highest BCUT2D eigenvalue weighted by Gasteiger charge is 2.20. The molecule has 0 bridgehead atoms. The van der Waals surface area contributed by atoms with Crippen LogP contribution in [0.2, 0.25) is 0 Å². The molecule has 11 heteroatoms. The van der Waals surface area contributed by atoms with Gasteiger partial charge in [0.15, 0.2) is 0 Å². The number of nitrogen functional groups attached to an aromatic ring is 1. The van der Waals surface area contributed by atoms with Crippen LogP contribution in [0.4, 0.5) is 37.2 Å². The van der Waals surface area contributed by atoms with Gasteiger partial charge in [0.2, 0.25) is 0 Å². The Kier molecular flexibility index (Phi) is 8.13. The Hall–Kier alpha value is -4.22. The van der Waals surface area contributed by atoms with Crippen molar-refractivity contribution in [2.24, 2.45) is 0 Å². The van der Waals surface area contributed by atoms with Crippen LogP contribution in [0.3, 0.4) is 0 Å². The molecular formula is C29H32F2N6O3. The number of anilines is 5. The van der Waals surface area contributed by atoms with E-state index in [1.807, 2.05) is 11.0 Å². The Morgan fingerprint density at radius 2 is 1.52 bits per heavy atom. The second-order valence-corrected chi connectivity index (χ2v) is 9.96. The first-order valence-electron chi connectivity index (χ1n) is 13.2. The Morgan fingerprint density at radius 3 is 2.27 bits per heavy atom. The first-order chi connectivity index (χ1) is 19.3. The van der Waals surface area contributed by atoms with Gasteiger partial charge in [-0.3, -0.25) is 9.59 Å². The zero-order valence-electron chi connectivity index (χ0n) is 22.3. The van der Waals surface area contributed by atoms with Gasteiger partial charge < -0.3 is 35.8 Å². The number of morpholine rings is 1. The van der Waals surface area contributed by atoms with Crippen LogP contribution in [-0.2, 0) is 4.74 Å². The molecule has 40 heavy (non-hydrogen) atoms. The van der Waals surface area contributed by atoms with Crippen molar-refractivity contribution in [3.05, 3.63) is 77.4 Å². The van der Waals surface area contributed by atoms with Gasteiger partial charge in [0, 0.05) is 67.6 Å². The SMILES string of the molecule is CN1CCN(c2ccc(N)c(C(=O)Nc3cc(NC(=O)c4cc(F)cc(N5CCOCC5)c4)ccc3F)c2)CC1. The summed E-state index contributed by atoms with van der Waals surface area (Å²) in [4.78, 5) is 32.4. The minimum atomic E-state index is -0.680. The van der Waals surface area contributed by atoms with Crippen molar-refractivity contribution in [1.82, 2.24) is 4.90 Å². The molecule has 210 valence electrons. The van der Waals surface area contributed by atoms with Crippen LogP contribution < -0.4 is 26.2 Å². The molecule has 2 aliphatic heterocycles. The summed E-state index contributed by atoms with van der Waals surface area (Å²) in [6, 6.07) is 13.2. The Labute approximate surface area is 231 Å². The topological polar surface area (TPSA) is 103 Å². The summed E-state index contributed by atoms with van der Waals surface area (Å²) in [6.45, 7) is 5.66. The zero-order chi connectivity index (χ0) is 28.2. The average Bonchev–Trinajstić information content (AvgIpc) is 2.95. The molecule has 0 spiro atoms. The van der Waals surface area contributed by atoms with E-state index in [9.17, 15) is 18.4 Å². The number of ether oxygens (including phenoxy) is 1. The van der Waals surface area contributed by atoms with E-state index in [0.29, 0.717) is 32.0 Å².